The normalized spacial score (nSPS) is 19.6. The number of nitrogens with zero attached hydrogens (tertiary/aromatic N) is 1. The van der Waals surface area contributed by atoms with Crippen molar-refractivity contribution in [2.45, 2.75) is 19.8 Å². The molecule has 21 heavy (non-hydrogen) atoms. The lowest BCUT2D eigenvalue weighted by atomic mass is 9.94. The summed E-state index contributed by atoms with van der Waals surface area (Å²) in [5.41, 5.74) is 0.332. The summed E-state index contributed by atoms with van der Waals surface area (Å²) < 4.78 is 18.5. The molecule has 1 saturated heterocycles. The van der Waals surface area contributed by atoms with E-state index in [2.05, 4.69) is 0 Å². The zero-order valence-corrected chi connectivity index (χ0v) is 12.4. The number of benzene rings is 1. The van der Waals surface area contributed by atoms with E-state index in [1.54, 1.807) is 6.07 Å². The number of methoxy groups -OCH3 is 1. The molecule has 4 nitrogen and oxygen atoms in total. The number of hydrogen-bond donors (Lipinski definition) is 0. The van der Waals surface area contributed by atoms with Gasteiger partial charge in [-0.3, -0.25) is 14.5 Å². The van der Waals surface area contributed by atoms with Crippen molar-refractivity contribution in [2.24, 2.45) is 5.92 Å². The number of halogens is 1. The van der Waals surface area contributed by atoms with Crippen molar-refractivity contribution in [1.29, 1.82) is 0 Å². The van der Waals surface area contributed by atoms with Gasteiger partial charge in [0.05, 0.1) is 13.7 Å². The third kappa shape index (κ3) is 3.67. The number of ketones is 2. The molecule has 0 amide bonds. The van der Waals surface area contributed by atoms with Crippen LogP contribution in [-0.4, -0.2) is 43.2 Å². The van der Waals surface area contributed by atoms with Gasteiger partial charge in [-0.15, -0.1) is 0 Å². The average Bonchev–Trinajstić information content (AvgIpc) is 2.49. The second-order valence-corrected chi connectivity index (χ2v) is 5.33. The molecule has 1 aliphatic rings. The minimum atomic E-state index is -0.538. The molecule has 0 radical (unpaired) electrons. The maximum absolute atomic E-state index is 13.6. The van der Waals surface area contributed by atoms with Crippen LogP contribution in [-0.2, 0) is 4.79 Å². The summed E-state index contributed by atoms with van der Waals surface area (Å²) in [5.74, 6) is -0.263. The van der Waals surface area contributed by atoms with Crippen LogP contribution in [0, 0.1) is 11.7 Å². The molecule has 1 aromatic rings. The lowest BCUT2D eigenvalue weighted by Crippen LogP contribution is -2.42. The second-order valence-electron chi connectivity index (χ2n) is 5.33. The summed E-state index contributed by atoms with van der Waals surface area (Å²) in [5, 5.41) is 0. The van der Waals surface area contributed by atoms with Gasteiger partial charge >= 0.3 is 0 Å². The fourth-order valence-electron chi connectivity index (χ4n) is 2.61. The van der Waals surface area contributed by atoms with Gasteiger partial charge in [0.1, 0.15) is 5.78 Å². The van der Waals surface area contributed by atoms with E-state index in [4.69, 9.17) is 4.74 Å². The van der Waals surface area contributed by atoms with Gasteiger partial charge in [-0.05, 0) is 24.6 Å². The molecule has 114 valence electrons. The van der Waals surface area contributed by atoms with Crippen LogP contribution in [0.4, 0.5) is 4.39 Å². The maximum atomic E-state index is 13.6. The smallest absolute Gasteiger partial charge is 0.176 e. The number of hydrogen-bond acceptors (Lipinski definition) is 4. The van der Waals surface area contributed by atoms with Gasteiger partial charge in [-0.2, -0.15) is 0 Å². The van der Waals surface area contributed by atoms with E-state index in [1.165, 1.54) is 19.2 Å². The second kappa shape index (κ2) is 6.80. The van der Waals surface area contributed by atoms with Crippen LogP contribution < -0.4 is 4.74 Å². The minimum absolute atomic E-state index is 0.0131. The zero-order valence-electron chi connectivity index (χ0n) is 12.4. The topological polar surface area (TPSA) is 46.6 Å². The molecule has 1 aliphatic heterocycles. The summed E-state index contributed by atoms with van der Waals surface area (Å²) in [6.07, 6.45) is 1.28. The van der Waals surface area contributed by atoms with Crippen LogP contribution in [0.1, 0.15) is 30.1 Å². The van der Waals surface area contributed by atoms with E-state index in [9.17, 15) is 14.0 Å². The van der Waals surface area contributed by atoms with Gasteiger partial charge in [0.25, 0.3) is 0 Å². The van der Waals surface area contributed by atoms with E-state index in [1.807, 2.05) is 11.8 Å². The SMILES string of the molecule is CCC1CN(CC(=O)c2ccc(OC)c(F)c2)CCC1=O. The van der Waals surface area contributed by atoms with E-state index >= 15 is 0 Å². The molecule has 0 aromatic heterocycles. The van der Waals surface area contributed by atoms with Crippen LogP contribution in [0.5, 0.6) is 5.75 Å². The van der Waals surface area contributed by atoms with Crippen molar-refractivity contribution in [3.63, 3.8) is 0 Å². The fraction of sp³-hybridized carbons (Fsp3) is 0.500. The zero-order chi connectivity index (χ0) is 15.4. The third-order valence-electron chi connectivity index (χ3n) is 3.94. The lowest BCUT2D eigenvalue weighted by molar-refractivity contribution is -0.126. The van der Waals surface area contributed by atoms with Crippen LogP contribution in [0.2, 0.25) is 0 Å². The van der Waals surface area contributed by atoms with Crippen molar-refractivity contribution in [3.8, 4) is 5.75 Å². The third-order valence-corrected chi connectivity index (χ3v) is 3.94. The van der Waals surface area contributed by atoms with Crippen molar-refractivity contribution in [2.75, 3.05) is 26.7 Å². The first-order valence-corrected chi connectivity index (χ1v) is 7.17. The minimum Gasteiger partial charge on any atom is -0.494 e. The number of piperidine rings is 1. The molecule has 0 saturated carbocycles. The number of rotatable bonds is 5. The van der Waals surface area contributed by atoms with Gasteiger partial charge in [0, 0.05) is 31.0 Å². The van der Waals surface area contributed by atoms with Crippen LogP contribution >= 0.6 is 0 Å². The summed E-state index contributed by atoms with van der Waals surface area (Å²) in [4.78, 5) is 25.8. The van der Waals surface area contributed by atoms with Crippen molar-refractivity contribution in [3.05, 3.63) is 29.6 Å². The Labute approximate surface area is 123 Å². The molecular weight excluding hydrogens is 273 g/mol. The molecule has 5 heteroatoms. The highest BCUT2D eigenvalue weighted by atomic mass is 19.1. The monoisotopic (exact) mass is 293 g/mol. The van der Waals surface area contributed by atoms with Crippen molar-refractivity contribution >= 4 is 11.6 Å². The Balaban J connectivity index is 2.01. The molecule has 0 bridgehead atoms. The molecule has 1 fully saturated rings. The summed E-state index contributed by atoms with van der Waals surface area (Å²) in [7, 11) is 1.38. The molecular formula is C16H20FNO3. The lowest BCUT2D eigenvalue weighted by Gasteiger charge is -2.30. The Kier molecular flexibility index (Phi) is 5.07. The molecule has 1 aromatic carbocycles. The first kappa shape index (κ1) is 15.6. The molecule has 1 heterocycles. The van der Waals surface area contributed by atoms with Crippen molar-refractivity contribution in [1.82, 2.24) is 4.90 Å². The van der Waals surface area contributed by atoms with Crippen LogP contribution in [0.3, 0.4) is 0 Å². The van der Waals surface area contributed by atoms with E-state index in [-0.39, 0.29) is 29.8 Å². The standard InChI is InChI=1S/C16H20FNO3/c1-3-11-9-18(7-6-14(11)19)10-15(20)12-4-5-16(21-2)13(17)8-12/h4-5,8,11H,3,6-7,9-10H2,1-2H3. The summed E-state index contributed by atoms with van der Waals surface area (Å²) in [6, 6.07) is 4.22. The van der Waals surface area contributed by atoms with Gasteiger partial charge in [-0.25, -0.2) is 4.39 Å². The predicted octanol–water partition coefficient (Wildman–Crippen LogP) is 2.32. The average molecular weight is 293 g/mol. The highest BCUT2D eigenvalue weighted by Gasteiger charge is 2.27. The first-order valence-electron chi connectivity index (χ1n) is 7.17. The number of carbonyl (C=O) groups excluding carboxylic acids is 2. The number of carbonyl (C=O) groups is 2. The first-order chi connectivity index (χ1) is 10.0. The van der Waals surface area contributed by atoms with Gasteiger partial charge < -0.3 is 4.74 Å². The molecule has 1 atom stereocenters. The predicted molar refractivity (Wildman–Crippen MR) is 77.1 cm³/mol. The fourth-order valence-corrected chi connectivity index (χ4v) is 2.61. The molecule has 2 rings (SSSR count). The Morgan fingerprint density at radius 3 is 2.86 bits per heavy atom. The summed E-state index contributed by atoms with van der Waals surface area (Å²) in [6.45, 7) is 3.40. The largest absolute Gasteiger partial charge is 0.494 e. The van der Waals surface area contributed by atoms with E-state index in [0.29, 0.717) is 25.1 Å². The van der Waals surface area contributed by atoms with Crippen LogP contribution in [0.25, 0.3) is 0 Å². The Bertz CT molecular complexity index is 544. The highest BCUT2D eigenvalue weighted by molar-refractivity contribution is 5.97. The molecule has 0 N–H and O–H groups in total. The number of likely N-dealkylation sites (tertiary alicyclic amines) is 1. The Hall–Kier alpha value is -1.75. The quantitative estimate of drug-likeness (QED) is 0.782. The Morgan fingerprint density at radius 2 is 2.24 bits per heavy atom. The molecule has 0 spiro atoms. The maximum Gasteiger partial charge on any atom is 0.176 e. The van der Waals surface area contributed by atoms with Gasteiger partial charge in [0.2, 0.25) is 0 Å². The van der Waals surface area contributed by atoms with Gasteiger partial charge in [-0.1, -0.05) is 6.92 Å². The summed E-state index contributed by atoms with van der Waals surface area (Å²) >= 11 is 0. The van der Waals surface area contributed by atoms with Crippen molar-refractivity contribution < 1.29 is 18.7 Å². The highest BCUT2D eigenvalue weighted by Crippen LogP contribution is 2.20. The van der Waals surface area contributed by atoms with E-state index in [0.717, 1.165) is 6.42 Å². The number of Topliss-reactive ketones (excluding diaryl/α,β-unsaturated/α-hetero) is 2. The van der Waals surface area contributed by atoms with E-state index < -0.39 is 5.82 Å². The molecule has 1 unspecified atom stereocenters. The van der Waals surface area contributed by atoms with Gasteiger partial charge in [0.15, 0.2) is 17.3 Å². The Morgan fingerprint density at radius 1 is 1.48 bits per heavy atom. The van der Waals surface area contributed by atoms with Crippen LogP contribution in [0.15, 0.2) is 18.2 Å². The number of ether oxygens (including phenoxy) is 1. The molecule has 0 aliphatic carbocycles.